The molecule has 76 valence electrons. The van der Waals surface area contributed by atoms with Crippen molar-refractivity contribution in [2.24, 2.45) is 23.7 Å². The summed E-state index contributed by atoms with van der Waals surface area (Å²) >= 11 is 0. The average molecular weight is 184 g/mol. The van der Waals surface area contributed by atoms with Crippen LogP contribution in [0.1, 0.15) is 33.6 Å². The number of carbonyl (C=O) groups excluding carboxylic acids is 1. The van der Waals surface area contributed by atoms with E-state index in [1.807, 2.05) is 13.8 Å². The van der Waals surface area contributed by atoms with Gasteiger partial charge >= 0.3 is 0 Å². The van der Waals surface area contributed by atoms with Crippen molar-refractivity contribution in [2.45, 2.75) is 33.6 Å². The fraction of sp³-hybridized carbons (Fsp3) is 0.909. The first kappa shape index (κ1) is 10.7. The molecular formula is C11H20O2. The van der Waals surface area contributed by atoms with Gasteiger partial charge in [-0.15, -0.1) is 0 Å². The van der Waals surface area contributed by atoms with E-state index in [0.29, 0.717) is 11.7 Å². The van der Waals surface area contributed by atoms with Gasteiger partial charge in [-0.2, -0.15) is 0 Å². The second-order valence-electron chi connectivity index (χ2n) is 4.51. The Bertz CT molecular complexity index is 189. The Labute approximate surface area is 80.3 Å². The van der Waals surface area contributed by atoms with Crippen molar-refractivity contribution in [3.8, 4) is 0 Å². The first-order valence-corrected chi connectivity index (χ1v) is 5.22. The van der Waals surface area contributed by atoms with E-state index < -0.39 is 0 Å². The highest BCUT2D eigenvalue weighted by Gasteiger charge is 2.35. The van der Waals surface area contributed by atoms with E-state index in [1.54, 1.807) is 0 Å². The highest BCUT2D eigenvalue weighted by atomic mass is 16.3. The van der Waals surface area contributed by atoms with Crippen molar-refractivity contribution in [2.75, 3.05) is 6.61 Å². The number of ketones is 1. The molecule has 1 rings (SSSR count). The highest BCUT2D eigenvalue weighted by Crippen LogP contribution is 2.34. The van der Waals surface area contributed by atoms with Crippen molar-refractivity contribution in [1.29, 1.82) is 0 Å². The largest absolute Gasteiger partial charge is 0.396 e. The number of hydrogen-bond donors (Lipinski definition) is 1. The van der Waals surface area contributed by atoms with Gasteiger partial charge in [0.15, 0.2) is 0 Å². The van der Waals surface area contributed by atoms with Gasteiger partial charge in [-0.25, -0.2) is 0 Å². The van der Waals surface area contributed by atoms with Gasteiger partial charge in [0.05, 0.1) is 0 Å². The summed E-state index contributed by atoms with van der Waals surface area (Å²) < 4.78 is 0. The zero-order valence-corrected chi connectivity index (χ0v) is 8.79. The Morgan fingerprint density at radius 1 is 1.46 bits per heavy atom. The predicted molar refractivity (Wildman–Crippen MR) is 52.3 cm³/mol. The van der Waals surface area contributed by atoms with Gasteiger partial charge in [0.1, 0.15) is 5.78 Å². The second kappa shape index (κ2) is 4.23. The molecule has 1 saturated carbocycles. The van der Waals surface area contributed by atoms with E-state index in [1.165, 1.54) is 0 Å². The molecule has 0 heterocycles. The van der Waals surface area contributed by atoms with Crippen molar-refractivity contribution in [3.63, 3.8) is 0 Å². The minimum absolute atomic E-state index is 0.108. The summed E-state index contributed by atoms with van der Waals surface area (Å²) in [5, 5.41) is 9.00. The Hall–Kier alpha value is -0.370. The van der Waals surface area contributed by atoms with E-state index in [4.69, 9.17) is 5.11 Å². The molecule has 0 saturated heterocycles. The van der Waals surface area contributed by atoms with Crippen molar-refractivity contribution in [1.82, 2.24) is 0 Å². The summed E-state index contributed by atoms with van der Waals surface area (Å²) in [5.74, 6) is 1.32. The van der Waals surface area contributed by atoms with Crippen LogP contribution in [0.3, 0.4) is 0 Å². The molecule has 13 heavy (non-hydrogen) atoms. The molecule has 1 aliphatic carbocycles. The maximum absolute atomic E-state index is 11.8. The number of aliphatic hydroxyl groups excluding tert-OH is 1. The van der Waals surface area contributed by atoms with E-state index in [9.17, 15) is 4.79 Å². The highest BCUT2D eigenvalue weighted by molar-refractivity contribution is 5.84. The average Bonchev–Trinajstić information content (AvgIpc) is 2.13. The van der Waals surface area contributed by atoms with Crippen LogP contribution in [0.5, 0.6) is 0 Å². The summed E-state index contributed by atoms with van der Waals surface area (Å²) in [5.41, 5.74) is 0. The van der Waals surface area contributed by atoms with Crippen LogP contribution >= 0.6 is 0 Å². The Morgan fingerprint density at radius 2 is 2.08 bits per heavy atom. The molecule has 1 aliphatic rings. The first-order chi connectivity index (χ1) is 6.07. The molecule has 0 aromatic heterocycles. The molecule has 4 unspecified atom stereocenters. The number of aliphatic hydroxyl groups is 1. The molecular weight excluding hydrogens is 164 g/mol. The monoisotopic (exact) mass is 184 g/mol. The Balaban J connectivity index is 2.64. The first-order valence-electron chi connectivity index (χ1n) is 5.22. The molecule has 0 radical (unpaired) electrons. The normalized spacial score (nSPS) is 37.5. The van der Waals surface area contributed by atoms with Crippen LogP contribution in [0.15, 0.2) is 0 Å². The van der Waals surface area contributed by atoms with Crippen LogP contribution in [0.2, 0.25) is 0 Å². The zero-order valence-electron chi connectivity index (χ0n) is 8.79. The van der Waals surface area contributed by atoms with Crippen LogP contribution in [0.4, 0.5) is 0 Å². The Kier molecular flexibility index (Phi) is 3.48. The smallest absolute Gasteiger partial charge is 0.139 e. The van der Waals surface area contributed by atoms with Gasteiger partial charge in [-0.3, -0.25) is 4.79 Å². The summed E-state index contributed by atoms with van der Waals surface area (Å²) in [6.07, 6.45) is 2.09. The standard InChI is InChI=1S/C11H20O2/c1-7-4-5-10(8(2)6-12)11(13)9(7)3/h7-10,12H,4-6H2,1-3H3. The van der Waals surface area contributed by atoms with E-state index in [2.05, 4.69) is 6.92 Å². The fourth-order valence-corrected chi connectivity index (χ4v) is 2.14. The van der Waals surface area contributed by atoms with Gasteiger partial charge in [-0.05, 0) is 24.7 Å². The fourth-order valence-electron chi connectivity index (χ4n) is 2.14. The summed E-state index contributed by atoms with van der Waals surface area (Å²) in [6, 6.07) is 0. The third-order valence-corrected chi connectivity index (χ3v) is 3.58. The maximum Gasteiger partial charge on any atom is 0.139 e. The molecule has 0 spiro atoms. The minimum Gasteiger partial charge on any atom is -0.396 e. The topological polar surface area (TPSA) is 37.3 Å². The minimum atomic E-state index is 0.108. The lowest BCUT2D eigenvalue weighted by Gasteiger charge is -2.33. The van der Waals surface area contributed by atoms with E-state index >= 15 is 0 Å². The predicted octanol–water partition coefficient (Wildman–Crippen LogP) is 1.87. The lowest BCUT2D eigenvalue weighted by atomic mass is 9.71. The van der Waals surface area contributed by atoms with Gasteiger partial charge in [-0.1, -0.05) is 20.8 Å². The molecule has 2 nitrogen and oxygen atoms in total. The molecule has 0 aliphatic heterocycles. The third-order valence-electron chi connectivity index (χ3n) is 3.58. The van der Waals surface area contributed by atoms with Crippen LogP contribution in [0, 0.1) is 23.7 Å². The van der Waals surface area contributed by atoms with Gasteiger partial charge < -0.3 is 5.11 Å². The third kappa shape index (κ3) is 2.11. The van der Waals surface area contributed by atoms with Crippen LogP contribution in [-0.2, 0) is 4.79 Å². The maximum atomic E-state index is 11.8. The van der Waals surface area contributed by atoms with Gasteiger partial charge in [0, 0.05) is 18.4 Å². The lowest BCUT2D eigenvalue weighted by Crippen LogP contribution is -2.36. The van der Waals surface area contributed by atoms with Gasteiger partial charge in [0.2, 0.25) is 0 Å². The Morgan fingerprint density at radius 3 is 2.62 bits per heavy atom. The quantitative estimate of drug-likeness (QED) is 0.711. The van der Waals surface area contributed by atoms with Crippen molar-refractivity contribution < 1.29 is 9.90 Å². The number of Topliss-reactive ketones (excluding diaryl/α,β-unsaturated/α-hetero) is 1. The molecule has 0 aromatic carbocycles. The number of carbonyl (C=O) groups is 1. The summed E-state index contributed by atoms with van der Waals surface area (Å²) in [4.78, 5) is 11.8. The van der Waals surface area contributed by atoms with Crippen LogP contribution in [0.25, 0.3) is 0 Å². The molecule has 0 amide bonds. The van der Waals surface area contributed by atoms with Crippen LogP contribution in [-0.4, -0.2) is 17.5 Å². The summed E-state index contributed by atoms with van der Waals surface area (Å²) in [6.45, 7) is 6.26. The molecule has 0 bridgehead atoms. The molecule has 4 atom stereocenters. The molecule has 1 N–H and O–H groups in total. The molecule has 2 heteroatoms. The number of rotatable bonds is 2. The van der Waals surface area contributed by atoms with Crippen molar-refractivity contribution >= 4 is 5.78 Å². The van der Waals surface area contributed by atoms with Crippen molar-refractivity contribution in [3.05, 3.63) is 0 Å². The number of hydrogen-bond acceptors (Lipinski definition) is 2. The van der Waals surface area contributed by atoms with Crippen LogP contribution < -0.4 is 0 Å². The SMILES string of the molecule is CC1CCC(C(C)CO)C(=O)C1C. The molecule has 0 aromatic rings. The zero-order chi connectivity index (χ0) is 10.0. The summed E-state index contributed by atoms with van der Waals surface area (Å²) in [7, 11) is 0. The second-order valence-corrected chi connectivity index (χ2v) is 4.51. The van der Waals surface area contributed by atoms with E-state index in [0.717, 1.165) is 12.8 Å². The molecule has 1 fully saturated rings. The van der Waals surface area contributed by atoms with Gasteiger partial charge in [0.25, 0.3) is 0 Å². The van der Waals surface area contributed by atoms with E-state index in [-0.39, 0.29) is 24.4 Å². The lowest BCUT2D eigenvalue weighted by molar-refractivity contribution is -0.132.